The van der Waals surface area contributed by atoms with Crippen LogP contribution in [0.3, 0.4) is 0 Å². The maximum absolute atomic E-state index is 9.27. The lowest BCUT2D eigenvalue weighted by atomic mass is 9.95. The summed E-state index contributed by atoms with van der Waals surface area (Å²) in [4.78, 5) is 2.63. The molecule has 3 nitrogen and oxygen atoms in total. The van der Waals surface area contributed by atoms with Gasteiger partial charge in [-0.1, -0.05) is 30.3 Å². The van der Waals surface area contributed by atoms with Crippen molar-refractivity contribution in [2.45, 2.75) is 44.2 Å². The Balaban J connectivity index is 1.74. The monoisotopic (exact) mass is 283 g/mol. The number of benzene rings is 1. The molecule has 1 aliphatic heterocycles. The molecule has 3 rings (SSSR count). The van der Waals surface area contributed by atoms with Gasteiger partial charge >= 0.3 is 0 Å². The lowest BCUT2D eigenvalue weighted by Crippen LogP contribution is -2.39. The summed E-state index contributed by atoms with van der Waals surface area (Å²) in [5.74, 6) is 0.789. The fraction of sp³-hybridized carbons (Fsp3) is 0.611. The van der Waals surface area contributed by atoms with E-state index in [1.54, 1.807) is 0 Å². The normalized spacial score (nSPS) is 21.1. The van der Waals surface area contributed by atoms with Gasteiger partial charge in [0.1, 0.15) is 0 Å². The molecule has 1 N–H and O–H groups in total. The second kappa shape index (κ2) is 7.06. The first kappa shape index (κ1) is 14.6. The third-order valence-electron chi connectivity index (χ3n) is 4.81. The Bertz CT molecular complexity index is 469. The number of hydrogen-bond acceptors (Lipinski definition) is 3. The fourth-order valence-corrected chi connectivity index (χ4v) is 3.49. The summed E-state index contributed by atoms with van der Waals surface area (Å²) >= 11 is 0. The molecule has 1 saturated carbocycles. The number of nitrogens with zero attached hydrogens (tertiary/aromatic N) is 2. The minimum atomic E-state index is 0.276. The fourth-order valence-electron chi connectivity index (χ4n) is 3.49. The molecule has 3 heteroatoms. The van der Waals surface area contributed by atoms with Crippen LogP contribution in [0.1, 0.15) is 43.7 Å². The second-order valence-electron chi connectivity index (χ2n) is 6.41. The molecule has 112 valence electrons. The van der Waals surface area contributed by atoms with E-state index in [4.69, 9.17) is 0 Å². The first-order valence-electron chi connectivity index (χ1n) is 8.27. The molecule has 1 atom stereocenters. The zero-order chi connectivity index (χ0) is 14.5. The van der Waals surface area contributed by atoms with Crippen molar-refractivity contribution in [1.29, 1.82) is 5.26 Å². The predicted octanol–water partition coefficient (Wildman–Crippen LogP) is 3.11. The van der Waals surface area contributed by atoms with Crippen LogP contribution in [-0.2, 0) is 0 Å². The molecular weight excluding hydrogens is 258 g/mol. The zero-order valence-electron chi connectivity index (χ0n) is 12.7. The average molecular weight is 283 g/mol. The van der Waals surface area contributed by atoms with Crippen LogP contribution in [0.15, 0.2) is 30.3 Å². The highest BCUT2D eigenvalue weighted by Crippen LogP contribution is 2.37. The van der Waals surface area contributed by atoms with Crippen molar-refractivity contribution in [2.24, 2.45) is 5.92 Å². The highest BCUT2D eigenvalue weighted by atomic mass is 15.2. The maximum atomic E-state index is 9.27. The van der Waals surface area contributed by atoms with E-state index >= 15 is 0 Å². The highest BCUT2D eigenvalue weighted by Gasteiger charge is 2.35. The SMILES string of the molecule is N#CCC(c1ccccc1)N(CC1CCNCC1)C1CC1. The summed E-state index contributed by atoms with van der Waals surface area (Å²) in [6.45, 7) is 3.46. The van der Waals surface area contributed by atoms with Gasteiger partial charge in [0.15, 0.2) is 0 Å². The third-order valence-corrected chi connectivity index (χ3v) is 4.81. The minimum Gasteiger partial charge on any atom is -0.317 e. The summed E-state index contributed by atoms with van der Waals surface area (Å²) in [6, 6.07) is 14.0. The first-order chi connectivity index (χ1) is 10.4. The largest absolute Gasteiger partial charge is 0.317 e. The van der Waals surface area contributed by atoms with Crippen molar-refractivity contribution < 1.29 is 0 Å². The van der Waals surface area contributed by atoms with Crippen molar-refractivity contribution in [3.05, 3.63) is 35.9 Å². The van der Waals surface area contributed by atoms with Crippen LogP contribution in [0.25, 0.3) is 0 Å². The van der Waals surface area contributed by atoms with Crippen LogP contribution in [0.5, 0.6) is 0 Å². The van der Waals surface area contributed by atoms with Gasteiger partial charge in [0.25, 0.3) is 0 Å². The summed E-state index contributed by atoms with van der Waals surface area (Å²) in [7, 11) is 0. The standard InChI is InChI=1S/C18H25N3/c19-11-8-18(16-4-2-1-3-5-16)21(17-6-7-17)14-15-9-12-20-13-10-15/h1-5,15,17-18,20H,6-10,12-14H2. The summed E-state index contributed by atoms with van der Waals surface area (Å²) < 4.78 is 0. The van der Waals surface area contributed by atoms with Gasteiger partial charge in [-0.15, -0.1) is 0 Å². The van der Waals surface area contributed by atoms with Crippen LogP contribution in [0.2, 0.25) is 0 Å². The number of hydrogen-bond donors (Lipinski definition) is 1. The zero-order valence-corrected chi connectivity index (χ0v) is 12.7. The molecule has 0 radical (unpaired) electrons. The molecule has 0 bridgehead atoms. The van der Waals surface area contributed by atoms with E-state index in [2.05, 4.69) is 46.6 Å². The first-order valence-corrected chi connectivity index (χ1v) is 8.27. The lowest BCUT2D eigenvalue weighted by molar-refractivity contribution is 0.144. The van der Waals surface area contributed by atoms with Crippen molar-refractivity contribution in [3.8, 4) is 6.07 Å². The smallest absolute Gasteiger partial charge is 0.0641 e. The molecule has 0 aromatic heterocycles. The van der Waals surface area contributed by atoms with E-state index in [9.17, 15) is 5.26 Å². The van der Waals surface area contributed by atoms with E-state index in [1.165, 1.54) is 31.2 Å². The van der Waals surface area contributed by atoms with E-state index in [0.717, 1.165) is 25.6 Å². The van der Waals surface area contributed by atoms with Gasteiger partial charge in [-0.3, -0.25) is 4.90 Å². The molecule has 1 aliphatic carbocycles. The molecule has 1 saturated heterocycles. The summed E-state index contributed by atoms with van der Waals surface area (Å²) in [6.07, 6.45) is 5.76. The van der Waals surface area contributed by atoms with Crippen molar-refractivity contribution in [3.63, 3.8) is 0 Å². The van der Waals surface area contributed by atoms with Crippen LogP contribution in [-0.4, -0.2) is 30.6 Å². The number of piperidine rings is 1. The van der Waals surface area contributed by atoms with Gasteiger partial charge in [-0.2, -0.15) is 5.26 Å². The number of nitriles is 1. The van der Waals surface area contributed by atoms with Gasteiger partial charge in [-0.05, 0) is 50.3 Å². The van der Waals surface area contributed by atoms with Crippen LogP contribution >= 0.6 is 0 Å². The van der Waals surface area contributed by atoms with E-state index in [-0.39, 0.29) is 6.04 Å². The van der Waals surface area contributed by atoms with E-state index in [1.807, 2.05) is 0 Å². The number of nitrogens with one attached hydrogen (secondary N) is 1. The van der Waals surface area contributed by atoms with E-state index in [0.29, 0.717) is 12.5 Å². The quantitative estimate of drug-likeness (QED) is 0.872. The predicted molar refractivity (Wildman–Crippen MR) is 84.7 cm³/mol. The molecule has 1 heterocycles. The van der Waals surface area contributed by atoms with E-state index < -0.39 is 0 Å². The van der Waals surface area contributed by atoms with Crippen molar-refractivity contribution >= 4 is 0 Å². The van der Waals surface area contributed by atoms with Gasteiger partial charge in [-0.25, -0.2) is 0 Å². The molecule has 2 fully saturated rings. The summed E-state index contributed by atoms with van der Waals surface area (Å²) in [5.41, 5.74) is 1.31. The lowest BCUT2D eigenvalue weighted by Gasteiger charge is -2.35. The topological polar surface area (TPSA) is 39.1 Å². The van der Waals surface area contributed by atoms with Gasteiger partial charge in [0.05, 0.1) is 12.5 Å². The maximum Gasteiger partial charge on any atom is 0.0641 e. The Kier molecular flexibility index (Phi) is 4.90. The summed E-state index contributed by atoms with van der Waals surface area (Å²) in [5, 5.41) is 12.7. The molecule has 0 amide bonds. The minimum absolute atomic E-state index is 0.276. The molecular formula is C18H25N3. The molecule has 21 heavy (non-hydrogen) atoms. The Hall–Kier alpha value is -1.37. The van der Waals surface area contributed by atoms with Crippen molar-refractivity contribution in [1.82, 2.24) is 10.2 Å². The third kappa shape index (κ3) is 3.84. The van der Waals surface area contributed by atoms with Crippen LogP contribution < -0.4 is 5.32 Å². The van der Waals surface area contributed by atoms with Crippen molar-refractivity contribution in [2.75, 3.05) is 19.6 Å². The molecule has 2 aliphatic rings. The average Bonchev–Trinajstić information content (AvgIpc) is 3.37. The highest BCUT2D eigenvalue weighted by molar-refractivity contribution is 5.21. The second-order valence-corrected chi connectivity index (χ2v) is 6.41. The van der Waals surface area contributed by atoms with Gasteiger partial charge in [0, 0.05) is 18.6 Å². The van der Waals surface area contributed by atoms with Crippen LogP contribution in [0.4, 0.5) is 0 Å². The Morgan fingerprint density at radius 1 is 1.14 bits per heavy atom. The molecule has 1 unspecified atom stereocenters. The Morgan fingerprint density at radius 2 is 1.86 bits per heavy atom. The Morgan fingerprint density at radius 3 is 2.48 bits per heavy atom. The Labute approximate surface area is 128 Å². The molecule has 1 aromatic rings. The molecule has 1 aromatic carbocycles. The molecule has 0 spiro atoms. The van der Waals surface area contributed by atoms with Crippen LogP contribution in [0, 0.1) is 17.2 Å². The number of rotatable bonds is 6. The van der Waals surface area contributed by atoms with Gasteiger partial charge < -0.3 is 5.32 Å². The van der Waals surface area contributed by atoms with Gasteiger partial charge in [0.2, 0.25) is 0 Å².